The molecule has 4 saturated heterocycles. The van der Waals surface area contributed by atoms with E-state index in [1.54, 1.807) is 11.0 Å². The second-order valence-electron chi connectivity index (χ2n) is 15.8. The number of amides is 1. The first-order chi connectivity index (χ1) is 26.8. The van der Waals surface area contributed by atoms with Crippen LogP contribution in [-0.4, -0.2) is 107 Å². The van der Waals surface area contributed by atoms with Gasteiger partial charge in [-0.05, 0) is 76.6 Å². The first kappa shape index (κ1) is 36.1. The molecule has 11 nitrogen and oxygen atoms in total. The number of benzene rings is 2. The number of pyridine rings is 1. The highest BCUT2D eigenvalue weighted by Crippen LogP contribution is 2.44. The first-order valence-electron chi connectivity index (χ1n) is 18.9. The van der Waals surface area contributed by atoms with E-state index in [1.165, 1.54) is 25.3 Å². The lowest BCUT2D eigenvalue weighted by molar-refractivity contribution is 0.0122. The lowest BCUT2D eigenvalue weighted by Crippen LogP contribution is -2.57. The van der Waals surface area contributed by atoms with Crippen molar-refractivity contribution in [2.75, 3.05) is 51.6 Å². The van der Waals surface area contributed by atoms with Crippen molar-refractivity contribution in [2.24, 2.45) is 0 Å². The van der Waals surface area contributed by atoms with Crippen LogP contribution in [0.3, 0.4) is 0 Å². The van der Waals surface area contributed by atoms with Gasteiger partial charge in [0.15, 0.2) is 12.6 Å². The van der Waals surface area contributed by atoms with Gasteiger partial charge in [-0.3, -0.25) is 9.80 Å². The summed E-state index contributed by atoms with van der Waals surface area (Å²) in [5.74, 6) is 1.45. The molecule has 0 radical (unpaired) electrons. The minimum atomic E-state index is -0.985. The number of hydrogen-bond acceptors (Lipinski definition) is 10. The van der Waals surface area contributed by atoms with Gasteiger partial charge in [-0.1, -0.05) is 23.6 Å². The number of carbonyl (C=O) groups is 1. The van der Waals surface area contributed by atoms with Crippen LogP contribution in [0.5, 0.6) is 11.8 Å². The zero-order chi connectivity index (χ0) is 39.5. The molecule has 4 fully saturated rings. The minimum Gasteiger partial charge on any atom is -0.468 e. The first-order valence-corrected chi connectivity index (χ1v) is 18.8. The molecule has 55 heavy (non-hydrogen) atoms. The molecule has 4 aromatic rings. The Morgan fingerprint density at radius 3 is 2.62 bits per heavy atom. The van der Waals surface area contributed by atoms with Gasteiger partial charge in [-0.2, -0.15) is 9.97 Å². The lowest BCUT2D eigenvalue weighted by Gasteiger charge is -2.42. The number of piperazine rings is 1. The van der Waals surface area contributed by atoms with Crippen LogP contribution in [-0.2, 0) is 9.47 Å². The molecule has 0 N–H and O–H groups in total. The Morgan fingerprint density at radius 1 is 1.11 bits per heavy atom. The second-order valence-corrected chi connectivity index (χ2v) is 16.2. The predicted molar refractivity (Wildman–Crippen MR) is 201 cm³/mol. The van der Waals surface area contributed by atoms with Crippen LogP contribution in [0.4, 0.5) is 23.8 Å². The quantitative estimate of drug-likeness (QED) is 0.103. The van der Waals surface area contributed by atoms with Crippen LogP contribution in [0.2, 0.25) is 5.15 Å². The number of terminal acetylenes is 1. The Labute approximate surface area is 323 Å². The standard InChI is InChI=1S/C40H42ClF3N6O5/c1-6-27-29(43)11-8-22-14-26(54-21-52-5)15-28(30(22)27)33-32(44)34-31(35(41)45-33)36(47-37(46-34)53-20-40-12-7-13-49(40)17-23(42)16-40)48-18-24-9-10-25(19-48)50(24)38(51)55-39(2,3)4/h1,8,11,14-15,23-25H,7,9-10,12-13,16-21H2,2-5H3/t23-,24?,25?,40+/m1/s1/i1D. The third-order valence-electron chi connectivity index (χ3n) is 11.1. The summed E-state index contributed by atoms with van der Waals surface area (Å²) in [6.45, 7) is 7.22. The Morgan fingerprint density at radius 2 is 1.89 bits per heavy atom. The summed E-state index contributed by atoms with van der Waals surface area (Å²) in [7, 11) is 1.45. The Hall–Kier alpha value is -4.58. The number of rotatable bonds is 8. The molecule has 4 aliphatic rings. The van der Waals surface area contributed by atoms with Crippen molar-refractivity contribution >= 4 is 45.2 Å². The number of methoxy groups -OCH3 is 1. The van der Waals surface area contributed by atoms with E-state index in [9.17, 15) is 9.18 Å². The van der Waals surface area contributed by atoms with E-state index in [0.717, 1.165) is 32.2 Å². The molecule has 6 heterocycles. The normalized spacial score (nSPS) is 23.9. The van der Waals surface area contributed by atoms with Gasteiger partial charge in [0, 0.05) is 44.1 Å². The fraction of sp³-hybridized carbons (Fsp3) is 0.500. The largest absolute Gasteiger partial charge is 0.468 e. The lowest BCUT2D eigenvalue weighted by atomic mass is 9.95. The van der Waals surface area contributed by atoms with E-state index in [2.05, 4.69) is 20.8 Å². The summed E-state index contributed by atoms with van der Waals surface area (Å²) in [5.41, 5.74) is -1.70. The zero-order valence-electron chi connectivity index (χ0n) is 32.1. The molecular weight excluding hydrogens is 737 g/mol. The van der Waals surface area contributed by atoms with Crippen molar-refractivity contribution < 1.29 is 38.3 Å². The molecule has 1 amide bonds. The van der Waals surface area contributed by atoms with E-state index in [1.807, 2.05) is 32.1 Å². The zero-order valence-corrected chi connectivity index (χ0v) is 31.8. The number of hydrogen-bond donors (Lipinski definition) is 0. The summed E-state index contributed by atoms with van der Waals surface area (Å²) in [6, 6.07) is 5.26. The van der Waals surface area contributed by atoms with Crippen LogP contribution >= 0.6 is 11.6 Å². The molecule has 0 aliphatic carbocycles. The molecule has 290 valence electrons. The number of aromatic nitrogens is 3. The molecule has 2 unspecified atom stereocenters. The van der Waals surface area contributed by atoms with Crippen LogP contribution in [0.15, 0.2) is 24.3 Å². The van der Waals surface area contributed by atoms with E-state index in [4.69, 9.17) is 36.9 Å². The van der Waals surface area contributed by atoms with Crippen molar-refractivity contribution in [2.45, 2.75) is 82.3 Å². The summed E-state index contributed by atoms with van der Waals surface area (Å²) in [6.07, 6.45) is 4.05. The molecule has 0 spiro atoms. The van der Waals surface area contributed by atoms with E-state index < -0.39 is 35.0 Å². The number of alkyl halides is 1. The number of ether oxygens (including phenoxy) is 4. The van der Waals surface area contributed by atoms with Crippen LogP contribution in [0.25, 0.3) is 32.9 Å². The third-order valence-corrected chi connectivity index (χ3v) is 11.4. The van der Waals surface area contributed by atoms with Gasteiger partial charge >= 0.3 is 12.1 Å². The van der Waals surface area contributed by atoms with Crippen molar-refractivity contribution in [3.8, 4) is 35.3 Å². The van der Waals surface area contributed by atoms with E-state index >= 15 is 8.78 Å². The molecule has 8 rings (SSSR count). The summed E-state index contributed by atoms with van der Waals surface area (Å²) >= 11 is 7.03. The number of fused-ring (bicyclic) bond motifs is 5. The molecule has 2 aromatic heterocycles. The highest BCUT2D eigenvalue weighted by molar-refractivity contribution is 6.35. The molecular formula is C40H42ClF3N6O5. The second kappa shape index (κ2) is 14.2. The smallest absolute Gasteiger partial charge is 0.410 e. The average molecular weight is 780 g/mol. The highest BCUT2D eigenvalue weighted by Gasteiger charge is 2.50. The average Bonchev–Trinajstić information content (AvgIpc) is 3.77. The maximum absolute atomic E-state index is 17.4. The minimum absolute atomic E-state index is 0.0965. The number of anilines is 1. The van der Waals surface area contributed by atoms with Gasteiger partial charge in [0.1, 0.15) is 53.5 Å². The summed E-state index contributed by atoms with van der Waals surface area (Å²) < 4.78 is 77.9. The Bertz CT molecular complexity index is 2270. The Kier molecular flexibility index (Phi) is 9.30. The molecule has 0 saturated carbocycles. The monoisotopic (exact) mass is 779 g/mol. The van der Waals surface area contributed by atoms with E-state index in [-0.39, 0.29) is 81.3 Å². The fourth-order valence-electron chi connectivity index (χ4n) is 8.83. The van der Waals surface area contributed by atoms with Gasteiger partial charge in [-0.15, -0.1) is 6.40 Å². The molecule has 15 heteroatoms. The molecule has 4 aliphatic heterocycles. The van der Waals surface area contributed by atoms with Crippen molar-refractivity contribution in [1.29, 1.82) is 0 Å². The van der Waals surface area contributed by atoms with Gasteiger partial charge in [-0.25, -0.2) is 22.9 Å². The number of nitrogens with zero attached hydrogens (tertiary/aromatic N) is 6. The van der Waals surface area contributed by atoms with Gasteiger partial charge in [0.05, 0.1) is 28.6 Å². The molecule has 2 aromatic carbocycles. The third kappa shape index (κ3) is 6.74. The van der Waals surface area contributed by atoms with Crippen LogP contribution in [0.1, 0.15) is 59.8 Å². The topological polar surface area (TPSA) is 102 Å². The maximum Gasteiger partial charge on any atom is 0.410 e. The Balaban J connectivity index is 1.27. The summed E-state index contributed by atoms with van der Waals surface area (Å²) in [5, 5.41) is 0.639. The predicted octanol–water partition coefficient (Wildman–Crippen LogP) is 7.28. The highest BCUT2D eigenvalue weighted by atomic mass is 35.5. The van der Waals surface area contributed by atoms with Crippen LogP contribution in [0, 0.1) is 24.0 Å². The van der Waals surface area contributed by atoms with Gasteiger partial charge in [0.2, 0.25) is 0 Å². The number of carbonyl (C=O) groups excluding carboxylic acids is 1. The van der Waals surface area contributed by atoms with Crippen molar-refractivity contribution in [3.63, 3.8) is 0 Å². The molecule has 4 atom stereocenters. The van der Waals surface area contributed by atoms with Crippen molar-refractivity contribution in [3.05, 3.63) is 46.6 Å². The van der Waals surface area contributed by atoms with Gasteiger partial charge in [0.25, 0.3) is 0 Å². The van der Waals surface area contributed by atoms with Crippen molar-refractivity contribution in [1.82, 2.24) is 24.8 Å². The van der Waals surface area contributed by atoms with Gasteiger partial charge < -0.3 is 23.8 Å². The molecule has 2 bridgehead atoms. The SMILES string of the molecule is [2H]C#Cc1c(F)ccc2cc(OCOC)cc(-c3nc(Cl)c4c(N5CC6CCC(C5)N6C(=O)OC(C)(C)C)nc(OC[C@@]56CCCN5C[C@H](F)C6)nc4c3F)c12. The van der Waals surface area contributed by atoms with E-state index in [0.29, 0.717) is 31.4 Å². The number of halogens is 4. The summed E-state index contributed by atoms with van der Waals surface area (Å²) in [4.78, 5) is 33.1. The maximum atomic E-state index is 17.4. The fourth-order valence-corrected chi connectivity index (χ4v) is 9.09. The van der Waals surface area contributed by atoms with Crippen LogP contribution < -0.4 is 14.4 Å².